The molecule has 0 N–H and O–H groups in total. The normalized spacial score (nSPS) is 10.0. The Morgan fingerprint density at radius 3 is 2.33 bits per heavy atom. The van der Waals surface area contributed by atoms with Crippen molar-refractivity contribution in [3.05, 3.63) is 34.9 Å². The Hall–Kier alpha value is -1.25. The monoisotopic (exact) mass is 170 g/mol. The van der Waals surface area contributed by atoms with Crippen LogP contribution in [0.15, 0.2) is 12.1 Å². The van der Waals surface area contributed by atoms with Gasteiger partial charge in [-0.2, -0.15) is 0 Å². The van der Waals surface area contributed by atoms with Gasteiger partial charge in [0.25, 0.3) is 0 Å². The first kappa shape index (κ1) is 8.84. The van der Waals surface area contributed by atoms with Gasteiger partial charge in [-0.05, 0) is 25.5 Å². The van der Waals surface area contributed by atoms with Gasteiger partial charge in [-0.15, -0.1) is 0 Å². The number of carbonyl (C=O) groups excluding carboxylic acids is 1. The third-order valence-corrected chi connectivity index (χ3v) is 1.66. The molecular weight excluding hydrogens is 162 g/mol. The second-order valence-corrected chi connectivity index (χ2v) is 2.61. The molecule has 0 aliphatic rings. The highest BCUT2D eigenvalue weighted by Crippen LogP contribution is 2.16. The predicted octanol–water partition coefficient (Wildman–Crippen LogP) is 2.48. The van der Waals surface area contributed by atoms with Crippen LogP contribution in [0.4, 0.5) is 8.78 Å². The molecule has 0 saturated heterocycles. The van der Waals surface area contributed by atoms with Crippen molar-refractivity contribution in [1.29, 1.82) is 0 Å². The first-order valence-corrected chi connectivity index (χ1v) is 3.49. The van der Waals surface area contributed by atoms with Crippen molar-refractivity contribution in [1.82, 2.24) is 0 Å². The van der Waals surface area contributed by atoms with Crippen molar-refractivity contribution in [2.45, 2.75) is 13.8 Å². The smallest absolute Gasteiger partial charge is 0.169 e. The number of halogens is 2. The molecule has 0 atom stereocenters. The number of Topliss-reactive ketones (excluding diaryl/α,β-unsaturated/α-hetero) is 1. The van der Waals surface area contributed by atoms with E-state index in [-0.39, 0.29) is 5.56 Å². The van der Waals surface area contributed by atoms with Gasteiger partial charge in [0.1, 0.15) is 0 Å². The summed E-state index contributed by atoms with van der Waals surface area (Å²) in [6.45, 7) is 2.78. The quantitative estimate of drug-likeness (QED) is 0.592. The Labute approximate surface area is 69.0 Å². The molecule has 0 radical (unpaired) electrons. The lowest BCUT2D eigenvalue weighted by molar-refractivity contribution is 0.101. The Balaban J connectivity index is 3.43. The molecule has 0 unspecified atom stereocenters. The summed E-state index contributed by atoms with van der Waals surface area (Å²) in [6, 6.07) is 2.40. The van der Waals surface area contributed by atoms with Crippen LogP contribution in [-0.4, -0.2) is 5.78 Å². The summed E-state index contributed by atoms with van der Waals surface area (Å²) in [7, 11) is 0. The minimum absolute atomic E-state index is 0.157. The summed E-state index contributed by atoms with van der Waals surface area (Å²) >= 11 is 0. The van der Waals surface area contributed by atoms with Crippen LogP contribution < -0.4 is 0 Å². The van der Waals surface area contributed by atoms with E-state index in [9.17, 15) is 13.6 Å². The van der Waals surface area contributed by atoms with Crippen molar-refractivity contribution in [3.8, 4) is 0 Å². The van der Waals surface area contributed by atoms with Crippen LogP contribution in [0.3, 0.4) is 0 Å². The Morgan fingerprint density at radius 2 is 1.92 bits per heavy atom. The van der Waals surface area contributed by atoms with Crippen LogP contribution in [0.1, 0.15) is 22.8 Å². The van der Waals surface area contributed by atoms with Crippen molar-refractivity contribution in [2.24, 2.45) is 0 Å². The zero-order valence-electron chi connectivity index (χ0n) is 6.82. The van der Waals surface area contributed by atoms with Crippen molar-refractivity contribution < 1.29 is 13.6 Å². The number of hydrogen-bond acceptors (Lipinski definition) is 1. The van der Waals surface area contributed by atoms with Gasteiger partial charge in [-0.25, -0.2) is 8.78 Å². The molecule has 3 heteroatoms. The maximum Gasteiger partial charge on any atom is 0.169 e. The van der Waals surface area contributed by atoms with E-state index >= 15 is 0 Å². The van der Waals surface area contributed by atoms with Gasteiger partial charge in [-0.3, -0.25) is 4.79 Å². The molecule has 0 aliphatic heterocycles. The fourth-order valence-electron chi connectivity index (χ4n) is 1.08. The molecule has 1 aromatic carbocycles. The lowest BCUT2D eigenvalue weighted by atomic mass is 10.0. The average Bonchev–Trinajstić information content (AvgIpc) is 1.97. The molecule has 1 nitrogen and oxygen atoms in total. The summed E-state index contributed by atoms with van der Waals surface area (Å²) in [5, 5.41) is 0. The molecule has 0 bridgehead atoms. The molecule has 12 heavy (non-hydrogen) atoms. The molecule has 0 heterocycles. The van der Waals surface area contributed by atoms with Crippen LogP contribution in [-0.2, 0) is 0 Å². The maximum atomic E-state index is 12.9. The van der Waals surface area contributed by atoms with E-state index in [1.54, 1.807) is 6.92 Å². The Morgan fingerprint density at radius 1 is 1.33 bits per heavy atom. The molecule has 0 amide bonds. The molecule has 1 aromatic rings. The van der Waals surface area contributed by atoms with Gasteiger partial charge >= 0.3 is 0 Å². The fraction of sp³-hybridized carbons (Fsp3) is 0.222. The molecule has 0 spiro atoms. The fourth-order valence-corrected chi connectivity index (χ4v) is 1.08. The van der Waals surface area contributed by atoms with E-state index in [0.717, 1.165) is 6.07 Å². The van der Waals surface area contributed by atoms with Gasteiger partial charge in [0, 0.05) is 0 Å². The van der Waals surface area contributed by atoms with E-state index in [1.807, 2.05) is 0 Å². The SMILES string of the molecule is CC(=O)c1c(C)ccc(F)c1F. The van der Waals surface area contributed by atoms with E-state index < -0.39 is 17.4 Å². The molecular formula is C9H8F2O. The third kappa shape index (κ3) is 1.35. The van der Waals surface area contributed by atoms with Crippen molar-refractivity contribution in [3.63, 3.8) is 0 Å². The van der Waals surface area contributed by atoms with E-state index in [1.165, 1.54) is 13.0 Å². The highest BCUT2D eigenvalue weighted by Gasteiger charge is 2.14. The second kappa shape index (κ2) is 3.01. The minimum atomic E-state index is -1.05. The highest BCUT2D eigenvalue weighted by atomic mass is 19.2. The standard InChI is InChI=1S/C9H8F2O/c1-5-3-4-7(10)9(11)8(5)6(2)12/h3-4H,1-2H3. The van der Waals surface area contributed by atoms with Gasteiger partial charge in [0.05, 0.1) is 5.56 Å². The van der Waals surface area contributed by atoms with Crippen LogP contribution >= 0.6 is 0 Å². The average molecular weight is 170 g/mol. The van der Waals surface area contributed by atoms with Gasteiger partial charge < -0.3 is 0 Å². The highest BCUT2D eigenvalue weighted by molar-refractivity contribution is 5.95. The van der Waals surface area contributed by atoms with Gasteiger partial charge in [0.15, 0.2) is 17.4 Å². The summed E-state index contributed by atoms with van der Waals surface area (Å²) in [5.74, 6) is -2.49. The summed E-state index contributed by atoms with van der Waals surface area (Å²) in [6.07, 6.45) is 0. The number of rotatable bonds is 1. The van der Waals surface area contributed by atoms with E-state index in [2.05, 4.69) is 0 Å². The minimum Gasteiger partial charge on any atom is -0.294 e. The Kier molecular flexibility index (Phi) is 2.22. The van der Waals surface area contributed by atoms with Crippen molar-refractivity contribution in [2.75, 3.05) is 0 Å². The number of hydrogen-bond donors (Lipinski definition) is 0. The lowest BCUT2D eigenvalue weighted by Gasteiger charge is -2.02. The zero-order valence-corrected chi connectivity index (χ0v) is 6.82. The van der Waals surface area contributed by atoms with Gasteiger partial charge in [0.2, 0.25) is 0 Å². The molecule has 64 valence electrons. The first-order chi connectivity index (χ1) is 5.54. The topological polar surface area (TPSA) is 17.1 Å². The number of carbonyl (C=O) groups is 1. The molecule has 0 aromatic heterocycles. The van der Waals surface area contributed by atoms with E-state index in [0.29, 0.717) is 5.56 Å². The third-order valence-electron chi connectivity index (χ3n) is 1.66. The van der Waals surface area contributed by atoms with Crippen LogP contribution in [0.2, 0.25) is 0 Å². The summed E-state index contributed by atoms with van der Waals surface area (Å²) in [4.78, 5) is 10.8. The second-order valence-electron chi connectivity index (χ2n) is 2.61. The zero-order chi connectivity index (χ0) is 9.30. The van der Waals surface area contributed by atoms with Crippen LogP contribution in [0.25, 0.3) is 0 Å². The number of ketones is 1. The number of benzene rings is 1. The maximum absolute atomic E-state index is 12.9. The van der Waals surface area contributed by atoms with Gasteiger partial charge in [-0.1, -0.05) is 6.07 Å². The van der Waals surface area contributed by atoms with Crippen molar-refractivity contribution >= 4 is 5.78 Å². The van der Waals surface area contributed by atoms with Crippen LogP contribution in [0.5, 0.6) is 0 Å². The largest absolute Gasteiger partial charge is 0.294 e. The summed E-state index contributed by atoms with van der Waals surface area (Å²) in [5.41, 5.74) is 0.302. The van der Waals surface area contributed by atoms with E-state index in [4.69, 9.17) is 0 Å². The van der Waals surface area contributed by atoms with Crippen LogP contribution in [0, 0.1) is 18.6 Å². The lowest BCUT2D eigenvalue weighted by Crippen LogP contribution is -2.02. The molecule has 1 rings (SSSR count). The summed E-state index contributed by atoms with van der Waals surface area (Å²) < 4.78 is 25.5. The molecule has 0 aliphatic carbocycles. The molecule has 0 saturated carbocycles. The first-order valence-electron chi connectivity index (χ1n) is 3.49. The number of aryl methyl sites for hydroxylation is 1. The Bertz CT molecular complexity index is 332. The molecule has 0 fully saturated rings. The predicted molar refractivity (Wildman–Crippen MR) is 41.1 cm³/mol.